The molecule has 0 aliphatic carbocycles. The van der Waals surface area contributed by atoms with Gasteiger partial charge < -0.3 is 16.5 Å². The molecule has 0 bridgehead atoms. The van der Waals surface area contributed by atoms with Gasteiger partial charge in [-0.3, -0.25) is 0 Å². The van der Waals surface area contributed by atoms with Gasteiger partial charge in [-0.25, -0.2) is 0 Å². The molecular weight excluding hydrogens is 315 g/mol. The van der Waals surface area contributed by atoms with E-state index >= 15 is 0 Å². The molecule has 0 aliphatic heterocycles. The molecule has 0 aromatic heterocycles. The molecule has 0 aromatic carbocycles. The molecule has 4 heteroatoms. The van der Waals surface area contributed by atoms with Crippen molar-refractivity contribution in [1.82, 2.24) is 0 Å². The first kappa shape index (κ1) is 10.1. The molecule has 0 unspecified atom stereocenters. The van der Waals surface area contributed by atoms with Gasteiger partial charge in [-0.2, -0.15) is 6.72 Å². The van der Waals surface area contributed by atoms with Gasteiger partial charge in [0.05, 0.1) is 0 Å². The third kappa shape index (κ3) is 10.7. The number of nitrogens with two attached hydrogens (primary N) is 2. The maximum Gasteiger partial charge on any atom is 0.0160 e. The van der Waals surface area contributed by atoms with Crippen LogP contribution in [-0.2, 0) is 0 Å². The Morgan fingerprint density at radius 2 is 2.00 bits per heavy atom. The molecular formula is C3H6N3Np-. The van der Waals surface area contributed by atoms with Crippen LogP contribution in [0.1, 0.15) is 0 Å². The topological polar surface area (TPSA) is 64.4 Å². The van der Waals surface area contributed by atoms with Crippen LogP contribution < -0.4 is 11.5 Å². The minimum atomic E-state index is 0. The normalized spacial score (nSPS) is 5.71. The zero-order chi connectivity index (χ0) is 4.99. The molecule has 0 amide bonds. The first-order chi connectivity index (χ1) is 2.77. The Hall–Kier alpha value is 0.0230. The Kier molecular flexibility index (Phi) is 8.69. The van der Waals surface area contributed by atoms with Gasteiger partial charge in [0.1, 0.15) is 0 Å². The van der Waals surface area contributed by atoms with Crippen molar-refractivity contribution in [3.63, 3.8) is 0 Å². The number of nitrogens with zero attached hydrogens (tertiary/aromatic N) is 1. The Morgan fingerprint density at radius 3 is 2.00 bits per heavy atom. The van der Waals surface area contributed by atoms with Gasteiger partial charge >= 0.3 is 0 Å². The molecule has 3 nitrogen and oxygen atoms in total. The van der Waals surface area contributed by atoms with Crippen molar-refractivity contribution in [1.29, 1.82) is 0 Å². The standard InChI is InChI=1S/C3H6N3.Np/c1-6-2-3(4)5;/h1,4-5H2;/q-1;. The second kappa shape index (κ2) is 6.02. The summed E-state index contributed by atoms with van der Waals surface area (Å²) >= 11 is 0. The summed E-state index contributed by atoms with van der Waals surface area (Å²) in [7, 11) is 0. The van der Waals surface area contributed by atoms with E-state index in [1.54, 1.807) is 0 Å². The van der Waals surface area contributed by atoms with E-state index < -0.39 is 0 Å². The number of hydrogen-bond acceptors (Lipinski definition) is 3. The van der Waals surface area contributed by atoms with Crippen LogP contribution in [-0.4, -0.2) is 6.72 Å². The zero-order valence-electron chi connectivity index (χ0n) is 3.76. The summed E-state index contributed by atoms with van der Waals surface area (Å²) in [4.78, 5) is 3.15. The van der Waals surface area contributed by atoms with Crippen molar-refractivity contribution >= 4 is 6.72 Å². The fourth-order valence-corrected chi connectivity index (χ4v) is 0.0913. The molecule has 39 valence electrons. The maximum absolute atomic E-state index is 4.85. The summed E-state index contributed by atoms with van der Waals surface area (Å²) in [5.41, 5.74) is 9.70. The van der Waals surface area contributed by atoms with Gasteiger partial charge in [0.25, 0.3) is 0 Å². The molecule has 1 radical (unpaired) electrons. The van der Waals surface area contributed by atoms with Gasteiger partial charge in [-0.15, -0.1) is 6.20 Å². The summed E-state index contributed by atoms with van der Waals surface area (Å²) < 4.78 is 0. The molecule has 0 saturated carbocycles. The molecule has 7 heavy (non-hydrogen) atoms. The molecule has 0 aromatic rings. The van der Waals surface area contributed by atoms with Crippen LogP contribution in [0.4, 0.5) is 0 Å². The first-order valence-electron chi connectivity index (χ1n) is 1.37. The van der Waals surface area contributed by atoms with Crippen LogP contribution >= 0.6 is 0 Å². The molecule has 0 atom stereocenters. The summed E-state index contributed by atoms with van der Waals surface area (Å²) in [6.07, 6.45) is 2.19. The van der Waals surface area contributed by atoms with Crippen molar-refractivity contribution < 1.29 is 29.9 Å². The molecule has 4 N–H and O–H groups in total. The molecule has 0 saturated heterocycles. The number of aliphatic imine (C=N–C) groups is 1. The van der Waals surface area contributed by atoms with Crippen molar-refractivity contribution in [3.05, 3.63) is 12.0 Å². The summed E-state index contributed by atoms with van der Waals surface area (Å²) in [6, 6.07) is 0. The predicted octanol–water partition coefficient (Wildman–Crippen LogP) is -0.794. The number of rotatable bonds is 1. The molecule has 0 aliphatic rings. The average molecular weight is 321 g/mol. The van der Waals surface area contributed by atoms with E-state index in [0.29, 0.717) is 0 Å². The van der Waals surface area contributed by atoms with Crippen LogP contribution in [0.5, 0.6) is 0 Å². The van der Waals surface area contributed by atoms with E-state index in [-0.39, 0.29) is 35.8 Å². The van der Waals surface area contributed by atoms with Crippen molar-refractivity contribution in [3.8, 4) is 0 Å². The first-order valence-corrected chi connectivity index (χ1v) is 1.37. The zero-order valence-corrected chi connectivity index (χ0v) is 7.48. The largest absolute Gasteiger partial charge is 0.463 e. The fraction of sp³-hybridized carbons (Fsp3) is 0. The van der Waals surface area contributed by atoms with Crippen molar-refractivity contribution in [2.75, 3.05) is 0 Å². The molecule has 0 spiro atoms. The van der Waals surface area contributed by atoms with E-state index in [0.717, 1.165) is 0 Å². The van der Waals surface area contributed by atoms with Crippen LogP contribution in [0.2, 0.25) is 0 Å². The van der Waals surface area contributed by atoms with Crippen molar-refractivity contribution in [2.45, 2.75) is 0 Å². The van der Waals surface area contributed by atoms with E-state index in [2.05, 4.69) is 17.9 Å². The minimum Gasteiger partial charge on any atom is -0.463 e. The van der Waals surface area contributed by atoms with Gasteiger partial charge in [0.2, 0.25) is 0 Å². The van der Waals surface area contributed by atoms with Gasteiger partial charge in [0, 0.05) is 35.8 Å². The molecule has 0 heterocycles. The SMILES string of the molecule is C=N[C-]=C(N)N.[Np]. The second-order valence-electron chi connectivity index (χ2n) is 0.725. The van der Waals surface area contributed by atoms with Crippen LogP contribution in [0.3, 0.4) is 0 Å². The predicted molar refractivity (Wildman–Crippen MR) is 24.7 cm³/mol. The maximum atomic E-state index is 4.85. The average Bonchev–Trinajstić information content (AvgIpc) is 1.35. The third-order valence-corrected chi connectivity index (χ3v) is 0.208. The van der Waals surface area contributed by atoms with E-state index in [1.165, 1.54) is 0 Å². The fourth-order valence-electron chi connectivity index (χ4n) is 0.0913. The molecule has 0 rings (SSSR count). The summed E-state index contributed by atoms with van der Waals surface area (Å²) in [5.74, 6) is 0.0602. The van der Waals surface area contributed by atoms with E-state index in [4.69, 9.17) is 11.5 Å². The van der Waals surface area contributed by atoms with Crippen LogP contribution in [0.25, 0.3) is 0 Å². The van der Waals surface area contributed by atoms with Gasteiger partial charge in [-0.1, -0.05) is 0 Å². The van der Waals surface area contributed by atoms with Gasteiger partial charge in [-0.05, 0) is 0 Å². The summed E-state index contributed by atoms with van der Waals surface area (Å²) in [6.45, 7) is 3.06. The monoisotopic (exact) mass is 320 g/mol. The second-order valence-corrected chi connectivity index (χ2v) is 0.725. The van der Waals surface area contributed by atoms with Crippen LogP contribution in [0, 0.1) is 36.1 Å². The smallest absolute Gasteiger partial charge is 0.0160 e. The Labute approximate surface area is 65.1 Å². The summed E-state index contributed by atoms with van der Waals surface area (Å²) in [5, 5.41) is 0. The molecule has 0 fully saturated rings. The third-order valence-electron chi connectivity index (χ3n) is 0.208. The minimum absolute atomic E-state index is 0. The van der Waals surface area contributed by atoms with E-state index in [9.17, 15) is 0 Å². The number of hydrogen-bond donors (Lipinski definition) is 2. The van der Waals surface area contributed by atoms with Crippen LogP contribution in [0.15, 0.2) is 10.8 Å². The Balaban J connectivity index is 0. The Bertz CT molecular complexity index is 74.2. The Morgan fingerprint density at radius 1 is 1.57 bits per heavy atom. The quantitative estimate of drug-likeness (QED) is 0.491. The van der Waals surface area contributed by atoms with E-state index in [1.807, 2.05) is 0 Å². The van der Waals surface area contributed by atoms with Gasteiger partial charge in [0.15, 0.2) is 0 Å². The van der Waals surface area contributed by atoms with Crippen molar-refractivity contribution in [2.24, 2.45) is 16.5 Å².